The first-order valence-electron chi connectivity index (χ1n) is 6.13. The molecule has 0 aliphatic heterocycles. The van der Waals surface area contributed by atoms with Crippen molar-refractivity contribution in [3.8, 4) is 12.6 Å². The van der Waals surface area contributed by atoms with Gasteiger partial charge in [-0.2, -0.15) is 10.2 Å². The van der Waals surface area contributed by atoms with Crippen molar-refractivity contribution >= 4 is 22.0 Å². The van der Waals surface area contributed by atoms with E-state index in [0.717, 1.165) is 0 Å². The Morgan fingerprint density at radius 3 is 2.67 bits per heavy atom. The first-order valence-corrected chi connectivity index (χ1v) is 6.93. The number of aromatic nitrogens is 1. The zero-order valence-electron chi connectivity index (χ0n) is 12.2. The van der Waals surface area contributed by atoms with Crippen molar-refractivity contribution < 1.29 is 13.9 Å². The second-order valence-electron chi connectivity index (χ2n) is 5.30. The smallest absolute Gasteiger partial charge is 0.408 e. The number of ether oxygens (including phenoxy) is 1. The third-order valence-electron chi connectivity index (χ3n) is 2.36. The van der Waals surface area contributed by atoms with Crippen molar-refractivity contribution in [1.29, 1.82) is 5.26 Å². The van der Waals surface area contributed by atoms with Gasteiger partial charge in [-0.05, 0) is 36.7 Å². The maximum atomic E-state index is 11.9. The van der Waals surface area contributed by atoms with Crippen LogP contribution in [0.3, 0.4) is 0 Å². The zero-order chi connectivity index (χ0) is 16.2. The molecule has 0 fully saturated rings. The van der Waals surface area contributed by atoms with Crippen LogP contribution >= 0.6 is 15.9 Å². The van der Waals surface area contributed by atoms with Gasteiger partial charge in [0, 0.05) is 6.92 Å². The Morgan fingerprint density at radius 2 is 2.24 bits per heavy atom. The summed E-state index contributed by atoms with van der Waals surface area (Å²) in [6.07, 6.45) is -0.657. The lowest BCUT2D eigenvalue weighted by Gasteiger charge is -2.21. The molecule has 1 rings (SSSR count). The van der Waals surface area contributed by atoms with Crippen LogP contribution in [0.4, 0.5) is 4.79 Å². The average Bonchev–Trinajstić information content (AvgIpc) is 2.74. The third-order valence-corrected chi connectivity index (χ3v) is 2.90. The number of halogens is 1. The van der Waals surface area contributed by atoms with Crippen LogP contribution in [0.25, 0.3) is 4.85 Å². The summed E-state index contributed by atoms with van der Waals surface area (Å²) in [6, 6.07) is 0.596. The number of rotatable bonds is 3. The molecule has 2 atom stereocenters. The molecule has 0 saturated heterocycles. The van der Waals surface area contributed by atoms with Crippen molar-refractivity contribution in [3.05, 3.63) is 21.1 Å². The van der Waals surface area contributed by atoms with Crippen molar-refractivity contribution in [3.63, 3.8) is 0 Å². The standard InChI is InChI=1S/C13H15BrN4O3/c1-7(16-5)9(18-12(19)21-13(2,3)4)11-17-8(6-15)10(14)20-11/h5,7,9H,1-4H3/p+1. The largest absolute Gasteiger partial charge is 0.444 e. The highest BCUT2D eigenvalue weighted by atomic mass is 79.9. The average molecular weight is 356 g/mol. The van der Waals surface area contributed by atoms with Crippen LogP contribution in [0.5, 0.6) is 0 Å². The summed E-state index contributed by atoms with van der Waals surface area (Å²) >= 11 is 3.07. The third kappa shape index (κ3) is 4.76. The van der Waals surface area contributed by atoms with E-state index in [0.29, 0.717) is 0 Å². The summed E-state index contributed by atoms with van der Waals surface area (Å²) in [6.45, 7) is 12.2. The van der Waals surface area contributed by atoms with E-state index in [2.05, 4.69) is 31.1 Å². The molecule has 0 aliphatic rings. The molecule has 0 spiro atoms. The van der Waals surface area contributed by atoms with Crippen molar-refractivity contribution in [2.24, 2.45) is 0 Å². The summed E-state index contributed by atoms with van der Waals surface area (Å²) in [5, 5.41) is 11.5. The lowest BCUT2D eigenvalue weighted by atomic mass is 10.1. The number of oxazole rings is 1. The zero-order valence-corrected chi connectivity index (χ0v) is 13.8. The van der Waals surface area contributed by atoms with Crippen molar-refractivity contribution in [1.82, 2.24) is 10.3 Å². The minimum absolute atomic E-state index is 0.0743. The number of alkyl carbamates (subject to hydrolysis) is 1. The fraction of sp³-hybridized carbons (Fsp3) is 0.538. The first-order chi connectivity index (χ1) is 9.67. The lowest BCUT2D eigenvalue weighted by molar-refractivity contribution is 0.0492. The molecule has 8 heteroatoms. The molecule has 1 aromatic heterocycles. The minimum Gasteiger partial charge on any atom is -0.444 e. The van der Waals surface area contributed by atoms with Gasteiger partial charge in [-0.1, -0.05) is 4.85 Å². The van der Waals surface area contributed by atoms with Gasteiger partial charge in [0.15, 0.2) is 11.7 Å². The van der Waals surface area contributed by atoms with Crippen LogP contribution in [0.1, 0.15) is 45.3 Å². The van der Waals surface area contributed by atoms with Crippen molar-refractivity contribution in [2.75, 3.05) is 0 Å². The Balaban J connectivity index is 2.99. The van der Waals surface area contributed by atoms with E-state index in [1.165, 1.54) is 0 Å². The highest BCUT2D eigenvalue weighted by Gasteiger charge is 2.34. The molecule has 1 aromatic rings. The number of hydrogen-bond acceptors (Lipinski definition) is 5. The monoisotopic (exact) mass is 355 g/mol. The summed E-state index contributed by atoms with van der Waals surface area (Å²) in [7, 11) is 0. The second kappa shape index (κ2) is 6.59. The molecule has 0 bridgehead atoms. The summed E-state index contributed by atoms with van der Waals surface area (Å²) < 4.78 is 10.7. The summed E-state index contributed by atoms with van der Waals surface area (Å²) in [5.74, 6) is 0.117. The van der Waals surface area contributed by atoms with E-state index >= 15 is 0 Å². The Bertz CT molecular complexity index is 606. The number of nitriles is 1. The number of amides is 1. The summed E-state index contributed by atoms with van der Waals surface area (Å²) in [4.78, 5) is 19.5. The van der Waals surface area contributed by atoms with Gasteiger partial charge in [0.2, 0.25) is 10.6 Å². The molecule has 21 heavy (non-hydrogen) atoms. The van der Waals surface area contributed by atoms with Crippen LogP contribution < -0.4 is 5.32 Å². The fourth-order valence-electron chi connectivity index (χ4n) is 1.43. The van der Waals surface area contributed by atoms with Crippen LogP contribution in [-0.4, -0.2) is 22.7 Å². The Hall–Kier alpha value is -2.06. The summed E-state index contributed by atoms with van der Waals surface area (Å²) in [5.41, 5.74) is -0.572. The quantitative estimate of drug-likeness (QED) is 0.898. The predicted molar refractivity (Wildman–Crippen MR) is 78.8 cm³/mol. The second-order valence-corrected chi connectivity index (χ2v) is 6.02. The van der Waals surface area contributed by atoms with Gasteiger partial charge in [-0.15, -0.1) is 0 Å². The van der Waals surface area contributed by atoms with Crippen LogP contribution in [0.2, 0.25) is 0 Å². The van der Waals surface area contributed by atoms with Gasteiger partial charge in [0.1, 0.15) is 11.7 Å². The SMILES string of the molecule is C#[N+]C(C)C(NC(=O)OC(C)(C)C)c1nc(C#N)c(Br)o1. The number of hydrogen-bond donors (Lipinski definition) is 1. The van der Waals surface area contributed by atoms with E-state index in [1.807, 2.05) is 6.07 Å². The molecule has 0 radical (unpaired) electrons. The van der Waals surface area contributed by atoms with Gasteiger partial charge in [0.05, 0.1) is 0 Å². The van der Waals surface area contributed by atoms with Gasteiger partial charge in [-0.25, -0.2) is 4.79 Å². The van der Waals surface area contributed by atoms with E-state index in [9.17, 15) is 4.79 Å². The molecular formula is C13H16BrN4O3+. The number of carbonyl (C=O) groups excluding carboxylic acids is 1. The topological polar surface area (TPSA) is 92.5 Å². The molecule has 112 valence electrons. The molecule has 1 amide bonds. The highest BCUT2D eigenvalue weighted by molar-refractivity contribution is 9.10. The van der Waals surface area contributed by atoms with E-state index in [-0.39, 0.29) is 16.3 Å². The van der Waals surface area contributed by atoms with Crippen LogP contribution in [-0.2, 0) is 4.74 Å². The maximum absolute atomic E-state index is 11.9. The molecular weight excluding hydrogens is 340 g/mol. The number of nitrogens with one attached hydrogen (secondary N) is 1. The van der Waals surface area contributed by atoms with E-state index in [4.69, 9.17) is 21.0 Å². The molecule has 0 saturated carbocycles. The van der Waals surface area contributed by atoms with Gasteiger partial charge < -0.3 is 14.5 Å². The number of nitrogens with zero attached hydrogens (tertiary/aromatic N) is 3. The predicted octanol–water partition coefficient (Wildman–Crippen LogP) is 3.23. The first kappa shape index (κ1) is 17.0. The Morgan fingerprint density at radius 1 is 1.62 bits per heavy atom. The van der Waals surface area contributed by atoms with Gasteiger partial charge in [0.25, 0.3) is 12.6 Å². The minimum atomic E-state index is -0.747. The highest BCUT2D eigenvalue weighted by Crippen LogP contribution is 2.25. The van der Waals surface area contributed by atoms with Crippen LogP contribution in [0, 0.1) is 17.9 Å². The Labute approximate surface area is 131 Å². The Kier molecular flexibility index (Phi) is 5.34. The van der Waals surface area contributed by atoms with Gasteiger partial charge >= 0.3 is 6.09 Å². The van der Waals surface area contributed by atoms with Crippen LogP contribution in [0.15, 0.2) is 9.09 Å². The normalized spacial score (nSPS) is 13.7. The maximum Gasteiger partial charge on any atom is 0.408 e. The molecule has 0 aromatic carbocycles. The molecule has 0 aliphatic carbocycles. The lowest BCUT2D eigenvalue weighted by Crippen LogP contribution is -2.38. The molecule has 1 heterocycles. The van der Waals surface area contributed by atoms with Gasteiger partial charge in [-0.3, -0.25) is 0 Å². The molecule has 7 nitrogen and oxygen atoms in total. The molecule has 1 N–H and O–H groups in total. The van der Waals surface area contributed by atoms with Crippen molar-refractivity contribution in [2.45, 2.75) is 45.4 Å². The fourth-order valence-corrected chi connectivity index (χ4v) is 1.77. The van der Waals surface area contributed by atoms with E-state index < -0.39 is 23.8 Å². The number of carbonyl (C=O) groups is 1. The van der Waals surface area contributed by atoms with E-state index in [1.54, 1.807) is 27.7 Å². The molecule has 2 unspecified atom stereocenters.